The van der Waals surface area contributed by atoms with E-state index < -0.39 is 10.0 Å². The fourth-order valence-electron chi connectivity index (χ4n) is 3.37. The van der Waals surface area contributed by atoms with Crippen LogP contribution in [0.25, 0.3) is 0 Å². The Hall–Kier alpha value is -2.71. The molecule has 0 aromatic heterocycles. The van der Waals surface area contributed by atoms with E-state index in [1.54, 1.807) is 43.4 Å². The molecule has 2 amide bonds. The van der Waals surface area contributed by atoms with Gasteiger partial charge in [-0.3, -0.25) is 9.59 Å². The summed E-state index contributed by atoms with van der Waals surface area (Å²) in [5, 5.41) is 2.74. The number of amides is 2. The fourth-order valence-corrected chi connectivity index (χ4v) is 4.89. The van der Waals surface area contributed by atoms with E-state index in [0.717, 1.165) is 19.3 Å². The van der Waals surface area contributed by atoms with Crippen molar-refractivity contribution in [3.05, 3.63) is 60.2 Å². The molecule has 2 aromatic carbocycles. The smallest absolute Gasteiger partial charge is 0.243 e. The molecule has 1 aliphatic heterocycles. The molecule has 0 atom stereocenters. The third kappa shape index (κ3) is 5.67. The number of hydrogen-bond acceptors (Lipinski definition) is 4. The number of nitrogens with one attached hydrogen (secondary N) is 1. The van der Waals surface area contributed by atoms with Gasteiger partial charge in [0, 0.05) is 25.8 Å². The lowest BCUT2D eigenvalue weighted by Crippen LogP contribution is -2.36. The van der Waals surface area contributed by atoms with Gasteiger partial charge in [0.15, 0.2) is 0 Å². The number of nitrogens with zero attached hydrogens (tertiary/aromatic N) is 2. The summed E-state index contributed by atoms with van der Waals surface area (Å²) in [6.07, 6.45) is 2.93. The van der Waals surface area contributed by atoms with Crippen molar-refractivity contribution in [3.8, 4) is 0 Å². The van der Waals surface area contributed by atoms with Crippen molar-refractivity contribution >= 4 is 27.5 Å². The molecule has 30 heavy (non-hydrogen) atoms. The second kappa shape index (κ2) is 9.86. The molecule has 8 heteroatoms. The predicted octanol–water partition coefficient (Wildman–Crippen LogP) is 2.50. The Morgan fingerprint density at radius 1 is 0.967 bits per heavy atom. The minimum absolute atomic E-state index is 0.0604. The molecule has 1 fully saturated rings. The lowest BCUT2D eigenvalue weighted by molar-refractivity contribution is -0.132. The fraction of sp³-hybridized carbons (Fsp3) is 0.364. The molecular formula is C22H27N3O4S. The zero-order valence-corrected chi connectivity index (χ0v) is 17.9. The molecule has 0 spiro atoms. The second-order valence-corrected chi connectivity index (χ2v) is 9.39. The van der Waals surface area contributed by atoms with Crippen LogP contribution in [0.3, 0.4) is 0 Å². The van der Waals surface area contributed by atoms with E-state index in [4.69, 9.17) is 0 Å². The van der Waals surface area contributed by atoms with Crippen LogP contribution in [0, 0.1) is 0 Å². The molecule has 0 unspecified atom stereocenters. The van der Waals surface area contributed by atoms with Gasteiger partial charge in [0.05, 0.1) is 17.9 Å². The van der Waals surface area contributed by atoms with E-state index in [1.807, 2.05) is 18.2 Å². The van der Waals surface area contributed by atoms with Gasteiger partial charge in [0.1, 0.15) is 0 Å². The van der Waals surface area contributed by atoms with E-state index in [9.17, 15) is 18.0 Å². The van der Waals surface area contributed by atoms with Crippen LogP contribution >= 0.6 is 0 Å². The van der Waals surface area contributed by atoms with Crippen LogP contribution in [0.15, 0.2) is 59.5 Å². The quantitative estimate of drug-likeness (QED) is 0.733. The number of likely N-dealkylation sites (N-methyl/N-ethyl adjacent to an activating group) is 1. The third-order valence-corrected chi connectivity index (χ3v) is 7.01. The normalized spacial score (nSPS) is 14.8. The minimum Gasteiger partial charge on any atom is -0.336 e. The van der Waals surface area contributed by atoms with Gasteiger partial charge in [-0.25, -0.2) is 8.42 Å². The Morgan fingerprint density at radius 3 is 2.23 bits per heavy atom. The van der Waals surface area contributed by atoms with Crippen molar-refractivity contribution in [3.63, 3.8) is 0 Å². The van der Waals surface area contributed by atoms with Crippen LogP contribution in [0.4, 0.5) is 5.69 Å². The van der Waals surface area contributed by atoms with E-state index in [-0.39, 0.29) is 29.7 Å². The average molecular weight is 430 g/mol. The van der Waals surface area contributed by atoms with E-state index in [1.165, 1.54) is 9.21 Å². The van der Waals surface area contributed by atoms with Gasteiger partial charge in [0.2, 0.25) is 21.8 Å². The molecule has 7 nitrogen and oxygen atoms in total. The van der Waals surface area contributed by atoms with Crippen molar-refractivity contribution < 1.29 is 18.0 Å². The first-order valence-electron chi connectivity index (χ1n) is 10.0. The Bertz CT molecular complexity index is 969. The second-order valence-electron chi connectivity index (χ2n) is 7.45. The highest BCUT2D eigenvalue weighted by atomic mass is 32.2. The third-order valence-electron chi connectivity index (χ3n) is 5.10. The van der Waals surface area contributed by atoms with Gasteiger partial charge >= 0.3 is 0 Å². The maximum atomic E-state index is 12.7. The van der Waals surface area contributed by atoms with Crippen molar-refractivity contribution in [1.82, 2.24) is 9.21 Å². The zero-order chi connectivity index (χ0) is 21.6. The molecule has 0 aliphatic carbocycles. The SMILES string of the molecule is CN(CC(=O)Nc1ccccc1)C(=O)Cc1ccc(S(=O)(=O)N2CCCCC2)cc1. The predicted molar refractivity (Wildman–Crippen MR) is 115 cm³/mol. The number of carbonyl (C=O) groups is 2. The number of carbonyl (C=O) groups excluding carboxylic acids is 2. The standard InChI is InChI=1S/C22H27N3O4S/c1-24(17-21(26)23-19-8-4-2-5-9-19)22(27)16-18-10-12-20(13-11-18)30(28,29)25-14-6-3-7-15-25/h2,4-5,8-13H,3,6-7,14-17H2,1H3,(H,23,26). The highest BCUT2D eigenvalue weighted by Crippen LogP contribution is 2.21. The topological polar surface area (TPSA) is 86.8 Å². The maximum absolute atomic E-state index is 12.7. The Labute approximate surface area is 177 Å². The van der Waals surface area contributed by atoms with E-state index >= 15 is 0 Å². The lowest BCUT2D eigenvalue weighted by Gasteiger charge is -2.25. The molecule has 1 saturated heterocycles. The molecule has 1 aliphatic rings. The van der Waals surface area contributed by atoms with Crippen molar-refractivity contribution in [2.75, 3.05) is 32.0 Å². The number of rotatable bonds is 7. The Morgan fingerprint density at radius 2 is 1.60 bits per heavy atom. The molecule has 160 valence electrons. The largest absolute Gasteiger partial charge is 0.336 e. The van der Waals surface area contributed by atoms with Crippen LogP contribution < -0.4 is 5.32 Å². The van der Waals surface area contributed by atoms with Crippen molar-refractivity contribution in [2.45, 2.75) is 30.6 Å². The zero-order valence-electron chi connectivity index (χ0n) is 17.1. The maximum Gasteiger partial charge on any atom is 0.243 e. The van der Waals surface area contributed by atoms with Gasteiger partial charge in [0.25, 0.3) is 0 Å². The highest BCUT2D eigenvalue weighted by Gasteiger charge is 2.25. The summed E-state index contributed by atoms with van der Waals surface area (Å²) < 4.78 is 26.9. The van der Waals surface area contributed by atoms with Gasteiger partial charge in [-0.2, -0.15) is 4.31 Å². The monoisotopic (exact) mass is 429 g/mol. The first-order chi connectivity index (χ1) is 14.4. The summed E-state index contributed by atoms with van der Waals surface area (Å²) in [5.41, 5.74) is 1.38. The number of benzene rings is 2. The first-order valence-corrected chi connectivity index (χ1v) is 11.5. The summed E-state index contributed by atoms with van der Waals surface area (Å²) in [7, 11) is -1.91. The number of hydrogen-bond donors (Lipinski definition) is 1. The molecule has 1 N–H and O–H groups in total. The number of sulfonamides is 1. The van der Waals surface area contributed by atoms with Gasteiger partial charge in [-0.15, -0.1) is 0 Å². The molecule has 1 heterocycles. The van der Waals surface area contributed by atoms with Crippen molar-refractivity contribution in [2.24, 2.45) is 0 Å². The average Bonchev–Trinajstić information content (AvgIpc) is 2.75. The highest BCUT2D eigenvalue weighted by molar-refractivity contribution is 7.89. The van der Waals surface area contributed by atoms with E-state index in [2.05, 4.69) is 5.32 Å². The molecule has 0 bridgehead atoms. The van der Waals surface area contributed by atoms with Crippen LogP contribution in [0.2, 0.25) is 0 Å². The number of para-hydroxylation sites is 1. The molecule has 3 rings (SSSR count). The van der Waals surface area contributed by atoms with Crippen molar-refractivity contribution in [1.29, 1.82) is 0 Å². The molecular weight excluding hydrogens is 402 g/mol. The van der Waals surface area contributed by atoms with Crippen LogP contribution in [-0.2, 0) is 26.0 Å². The van der Waals surface area contributed by atoms with Gasteiger partial charge in [-0.05, 0) is 42.7 Å². The summed E-state index contributed by atoms with van der Waals surface area (Å²) >= 11 is 0. The first kappa shape index (κ1) is 22.0. The summed E-state index contributed by atoms with van der Waals surface area (Å²) in [6.45, 7) is 1.05. The van der Waals surface area contributed by atoms with E-state index in [0.29, 0.717) is 24.3 Å². The van der Waals surface area contributed by atoms with Crippen LogP contribution in [0.1, 0.15) is 24.8 Å². The Balaban J connectivity index is 1.55. The molecule has 0 radical (unpaired) electrons. The number of piperidine rings is 1. The van der Waals surface area contributed by atoms with Crippen LogP contribution in [-0.4, -0.2) is 56.1 Å². The lowest BCUT2D eigenvalue weighted by atomic mass is 10.1. The summed E-state index contributed by atoms with van der Waals surface area (Å²) in [4.78, 5) is 26.2. The summed E-state index contributed by atoms with van der Waals surface area (Å²) in [6, 6.07) is 15.5. The minimum atomic E-state index is -3.48. The van der Waals surface area contributed by atoms with Gasteiger partial charge in [-0.1, -0.05) is 36.8 Å². The molecule has 0 saturated carbocycles. The van der Waals surface area contributed by atoms with Gasteiger partial charge < -0.3 is 10.2 Å². The van der Waals surface area contributed by atoms with Crippen LogP contribution in [0.5, 0.6) is 0 Å². The molecule has 2 aromatic rings. The summed E-state index contributed by atoms with van der Waals surface area (Å²) in [5.74, 6) is -0.495. The Kier molecular flexibility index (Phi) is 7.23. The number of anilines is 1.